The van der Waals surface area contributed by atoms with Crippen LogP contribution in [0.5, 0.6) is 11.5 Å². The van der Waals surface area contributed by atoms with E-state index in [0.29, 0.717) is 17.9 Å². The van der Waals surface area contributed by atoms with Crippen LogP contribution in [-0.2, 0) is 9.59 Å². The van der Waals surface area contributed by atoms with Crippen molar-refractivity contribution in [3.63, 3.8) is 0 Å². The quantitative estimate of drug-likeness (QED) is 0.696. The minimum atomic E-state index is -1.03. The van der Waals surface area contributed by atoms with Gasteiger partial charge in [0, 0.05) is 12.5 Å². The maximum Gasteiger partial charge on any atom is 0.260 e. The van der Waals surface area contributed by atoms with Crippen LogP contribution in [0.15, 0.2) is 18.2 Å². The molecule has 1 aliphatic carbocycles. The topological polar surface area (TPSA) is 82.9 Å². The Bertz CT molecular complexity index is 900. The molecule has 9 heteroatoms. The van der Waals surface area contributed by atoms with Crippen LogP contribution < -0.4 is 9.47 Å². The zero-order chi connectivity index (χ0) is 19.5. The van der Waals surface area contributed by atoms with Gasteiger partial charge in [-0.15, -0.1) is 0 Å². The molecule has 2 amide bonds. The number of benzene rings is 1. The van der Waals surface area contributed by atoms with Gasteiger partial charge in [-0.2, -0.15) is 5.26 Å². The molecular formula is C19H19N3O4S2. The molecule has 2 saturated heterocycles. The average molecular weight is 418 g/mol. The minimum absolute atomic E-state index is 0.0301. The molecule has 3 aliphatic heterocycles. The van der Waals surface area contributed by atoms with Gasteiger partial charge in [0.1, 0.15) is 6.54 Å². The van der Waals surface area contributed by atoms with E-state index in [2.05, 4.69) is 6.07 Å². The lowest BCUT2D eigenvalue weighted by molar-refractivity contribution is -0.158. The predicted molar refractivity (Wildman–Crippen MR) is 104 cm³/mol. The highest BCUT2D eigenvalue weighted by Crippen LogP contribution is 2.57. The lowest BCUT2D eigenvalue weighted by atomic mass is 9.94. The van der Waals surface area contributed by atoms with Gasteiger partial charge in [0.2, 0.25) is 12.7 Å². The first-order chi connectivity index (χ1) is 13.6. The van der Waals surface area contributed by atoms with Crippen LogP contribution >= 0.6 is 21.6 Å². The van der Waals surface area contributed by atoms with Gasteiger partial charge < -0.3 is 19.3 Å². The zero-order valence-electron chi connectivity index (χ0n) is 15.3. The molecule has 7 nitrogen and oxygen atoms in total. The summed E-state index contributed by atoms with van der Waals surface area (Å²) in [7, 11) is 2.86. The number of hydrogen-bond donors (Lipinski definition) is 0. The van der Waals surface area contributed by atoms with E-state index in [1.807, 2.05) is 18.4 Å². The third-order valence-corrected chi connectivity index (χ3v) is 8.13. The normalized spacial score (nSPS) is 31.1. The Morgan fingerprint density at radius 1 is 1.25 bits per heavy atom. The number of rotatable bonds is 4. The van der Waals surface area contributed by atoms with Gasteiger partial charge in [0.15, 0.2) is 16.4 Å². The molecule has 3 fully saturated rings. The fourth-order valence-electron chi connectivity index (χ4n) is 4.50. The molecule has 28 heavy (non-hydrogen) atoms. The highest BCUT2D eigenvalue weighted by atomic mass is 33.1. The predicted octanol–water partition coefficient (Wildman–Crippen LogP) is 2.54. The fourth-order valence-corrected chi connectivity index (χ4v) is 6.99. The molecule has 146 valence electrons. The van der Waals surface area contributed by atoms with E-state index in [9.17, 15) is 14.9 Å². The Kier molecular flexibility index (Phi) is 4.18. The number of carbonyl (C=O) groups excluding carboxylic acids is 2. The van der Waals surface area contributed by atoms with Crippen molar-refractivity contribution < 1.29 is 19.1 Å². The lowest BCUT2D eigenvalue weighted by Crippen LogP contribution is -2.64. The molecule has 0 radical (unpaired) electrons. The Morgan fingerprint density at radius 3 is 2.75 bits per heavy atom. The van der Waals surface area contributed by atoms with E-state index in [1.165, 1.54) is 21.6 Å². The maximum absolute atomic E-state index is 13.5. The first-order valence-corrected chi connectivity index (χ1v) is 11.8. The van der Waals surface area contributed by atoms with Gasteiger partial charge >= 0.3 is 0 Å². The molecule has 0 spiro atoms. The molecule has 5 rings (SSSR count). The van der Waals surface area contributed by atoms with E-state index in [0.717, 1.165) is 18.4 Å². The van der Waals surface area contributed by atoms with Crippen molar-refractivity contribution in [2.75, 3.05) is 19.6 Å². The van der Waals surface area contributed by atoms with Gasteiger partial charge in [-0.25, -0.2) is 0 Å². The molecule has 4 aliphatic rings. The number of nitriles is 1. The summed E-state index contributed by atoms with van der Waals surface area (Å²) in [6.07, 6.45) is 4.14. The van der Waals surface area contributed by atoms with Crippen LogP contribution in [0.25, 0.3) is 0 Å². The number of fused-ring (bicyclic) bond motifs is 2. The molecule has 3 atom stereocenters. The van der Waals surface area contributed by atoms with Gasteiger partial charge in [-0.05, 0) is 36.8 Å². The summed E-state index contributed by atoms with van der Waals surface area (Å²) in [6, 6.07) is 7.57. The fraction of sp³-hybridized carbons (Fsp3) is 0.526. The number of ether oxygens (including phenoxy) is 2. The smallest absolute Gasteiger partial charge is 0.260 e. The van der Waals surface area contributed by atoms with E-state index < -0.39 is 16.8 Å². The van der Waals surface area contributed by atoms with Crippen molar-refractivity contribution in [1.82, 2.24) is 9.80 Å². The maximum atomic E-state index is 13.5. The zero-order valence-corrected chi connectivity index (χ0v) is 16.9. The monoisotopic (exact) mass is 417 g/mol. The highest BCUT2D eigenvalue weighted by Gasteiger charge is 2.64. The third kappa shape index (κ3) is 2.51. The van der Waals surface area contributed by atoms with Crippen molar-refractivity contribution in [3.05, 3.63) is 23.8 Å². The van der Waals surface area contributed by atoms with Crippen LogP contribution in [0.1, 0.15) is 30.9 Å². The Labute approximate surface area is 170 Å². The number of nitrogens with zero attached hydrogens (tertiary/aromatic N) is 3. The summed E-state index contributed by atoms with van der Waals surface area (Å²) in [5, 5.41) is 9.90. The first-order valence-electron chi connectivity index (χ1n) is 9.23. The van der Waals surface area contributed by atoms with Crippen molar-refractivity contribution in [1.29, 1.82) is 5.26 Å². The van der Waals surface area contributed by atoms with Crippen LogP contribution in [0, 0.1) is 17.2 Å². The highest BCUT2D eigenvalue weighted by molar-refractivity contribution is 8.77. The molecule has 0 aromatic heterocycles. The molecule has 1 saturated carbocycles. The summed E-state index contributed by atoms with van der Waals surface area (Å²) >= 11 is 0. The second-order valence-corrected chi connectivity index (χ2v) is 10.1. The second-order valence-electron chi connectivity index (χ2n) is 7.46. The van der Waals surface area contributed by atoms with Crippen LogP contribution in [0.3, 0.4) is 0 Å². The van der Waals surface area contributed by atoms with Crippen LogP contribution in [0.4, 0.5) is 0 Å². The van der Waals surface area contributed by atoms with Crippen LogP contribution in [0.2, 0.25) is 0 Å². The van der Waals surface area contributed by atoms with Crippen molar-refractivity contribution in [2.45, 2.75) is 36.2 Å². The molecule has 0 N–H and O–H groups in total. The lowest BCUT2D eigenvalue weighted by Gasteiger charge is -2.46. The third-order valence-electron chi connectivity index (χ3n) is 5.83. The number of piperazine rings is 1. The SMILES string of the molecule is CSSC12CC(C#N)[C@H](c3ccc4c(c3)OCO4)N1C(=O)CN(C1CC1)C2=O. The summed E-state index contributed by atoms with van der Waals surface area (Å²) in [5.74, 6) is 0.679. The number of hydrogen-bond acceptors (Lipinski definition) is 7. The van der Waals surface area contributed by atoms with E-state index >= 15 is 0 Å². The second kappa shape index (κ2) is 6.49. The van der Waals surface area contributed by atoms with E-state index in [4.69, 9.17) is 9.47 Å². The largest absolute Gasteiger partial charge is 0.454 e. The minimum Gasteiger partial charge on any atom is -0.454 e. The Hall–Kier alpha value is -2.05. The summed E-state index contributed by atoms with van der Waals surface area (Å²) in [5.41, 5.74) is 0.806. The average Bonchev–Trinajstić information content (AvgIpc) is 3.32. The van der Waals surface area contributed by atoms with Crippen molar-refractivity contribution in [3.8, 4) is 17.6 Å². The molecule has 1 aromatic rings. The standard InChI is InChI=1S/C19H19N3O4S2/c1-27-28-19-7-12(8-20)17(11-2-5-14-15(6-11)26-10-25-14)22(19)16(23)9-21(18(19)24)13-3-4-13/h2,5-6,12-13,17H,3-4,7,9-10H2,1H3/t12?,17-,19?/m0/s1. The Morgan fingerprint density at radius 2 is 2.04 bits per heavy atom. The van der Waals surface area contributed by atoms with E-state index in [1.54, 1.807) is 15.9 Å². The number of amides is 2. The molecule has 1 aromatic carbocycles. The number of carbonyl (C=O) groups is 2. The molecule has 2 unspecified atom stereocenters. The van der Waals surface area contributed by atoms with Crippen molar-refractivity contribution in [2.24, 2.45) is 5.92 Å². The molecule has 3 heterocycles. The van der Waals surface area contributed by atoms with Crippen LogP contribution in [-0.4, -0.2) is 52.1 Å². The summed E-state index contributed by atoms with van der Waals surface area (Å²) < 4.78 is 10.9. The van der Waals surface area contributed by atoms with Gasteiger partial charge in [0.25, 0.3) is 5.91 Å². The van der Waals surface area contributed by atoms with Gasteiger partial charge in [-0.1, -0.05) is 27.7 Å². The molecule has 0 bridgehead atoms. The summed E-state index contributed by atoms with van der Waals surface area (Å²) in [6.45, 7) is 0.258. The van der Waals surface area contributed by atoms with Gasteiger partial charge in [-0.3, -0.25) is 9.59 Å². The van der Waals surface area contributed by atoms with Crippen molar-refractivity contribution >= 4 is 33.4 Å². The first kappa shape index (κ1) is 18.0. The van der Waals surface area contributed by atoms with E-state index in [-0.39, 0.29) is 31.2 Å². The summed E-state index contributed by atoms with van der Waals surface area (Å²) in [4.78, 5) is 29.2. The Balaban J connectivity index is 1.59. The molecular weight excluding hydrogens is 398 g/mol. The van der Waals surface area contributed by atoms with Gasteiger partial charge in [0.05, 0.1) is 18.0 Å².